The van der Waals surface area contributed by atoms with Crippen LogP contribution in [-0.4, -0.2) is 39.8 Å². The summed E-state index contributed by atoms with van der Waals surface area (Å²) >= 11 is 9.31. The standard InChI is InChI=1S/C17H21ClN4OS2/c1-2-24-17-21-20-16(25-17)19-15(23)12-7-9-22(10-8-12)11-13-5-3-4-6-14(13)18/h3-6,12H,2,7-11H2,1H3,(H,19,20,23). The van der Waals surface area contributed by atoms with Crippen molar-refractivity contribution in [3.05, 3.63) is 34.9 Å². The van der Waals surface area contributed by atoms with Gasteiger partial charge in [0.15, 0.2) is 4.34 Å². The summed E-state index contributed by atoms with van der Waals surface area (Å²) in [7, 11) is 0. The molecule has 0 spiro atoms. The van der Waals surface area contributed by atoms with Crippen LogP contribution < -0.4 is 5.32 Å². The highest BCUT2D eigenvalue weighted by Gasteiger charge is 2.26. The maximum absolute atomic E-state index is 12.4. The molecule has 25 heavy (non-hydrogen) atoms. The third kappa shape index (κ3) is 5.17. The van der Waals surface area contributed by atoms with Crippen molar-refractivity contribution in [2.75, 3.05) is 24.2 Å². The van der Waals surface area contributed by atoms with Gasteiger partial charge in [0, 0.05) is 17.5 Å². The molecule has 0 saturated carbocycles. The molecule has 3 rings (SSSR count). The molecule has 0 unspecified atom stereocenters. The number of carbonyl (C=O) groups is 1. The Balaban J connectivity index is 1.48. The van der Waals surface area contributed by atoms with Gasteiger partial charge in [0.25, 0.3) is 0 Å². The van der Waals surface area contributed by atoms with Gasteiger partial charge in [-0.1, -0.05) is 59.8 Å². The summed E-state index contributed by atoms with van der Waals surface area (Å²) in [6, 6.07) is 7.93. The predicted molar refractivity (Wildman–Crippen MR) is 104 cm³/mol. The van der Waals surface area contributed by atoms with Crippen LogP contribution in [0.5, 0.6) is 0 Å². The lowest BCUT2D eigenvalue weighted by Gasteiger charge is -2.31. The van der Waals surface area contributed by atoms with Crippen LogP contribution in [0.15, 0.2) is 28.6 Å². The van der Waals surface area contributed by atoms with Crippen LogP contribution in [0, 0.1) is 5.92 Å². The largest absolute Gasteiger partial charge is 0.300 e. The number of rotatable bonds is 6. The van der Waals surface area contributed by atoms with Gasteiger partial charge in [-0.25, -0.2) is 0 Å². The number of benzene rings is 1. The molecule has 0 aliphatic carbocycles. The number of likely N-dealkylation sites (tertiary alicyclic amines) is 1. The van der Waals surface area contributed by atoms with E-state index in [1.54, 1.807) is 11.8 Å². The van der Waals surface area contributed by atoms with E-state index in [2.05, 4.69) is 33.4 Å². The number of aromatic nitrogens is 2. The molecule has 5 nitrogen and oxygen atoms in total. The van der Waals surface area contributed by atoms with Crippen molar-refractivity contribution in [1.29, 1.82) is 0 Å². The molecule has 0 radical (unpaired) electrons. The summed E-state index contributed by atoms with van der Waals surface area (Å²) in [4.78, 5) is 14.8. The van der Waals surface area contributed by atoms with Gasteiger partial charge in [0.2, 0.25) is 11.0 Å². The number of thioether (sulfide) groups is 1. The third-order valence-corrected chi connectivity index (χ3v) is 6.44. The molecule has 1 saturated heterocycles. The monoisotopic (exact) mass is 396 g/mol. The molecule has 1 aromatic carbocycles. The Bertz CT molecular complexity index is 716. The van der Waals surface area contributed by atoms with Crippen LogP contribution >= 0.6 is 34.7 Å². The number of nitrogens with one attached hydrogen (secondary N) is 1. The highest BCUT2D eigenvalue weighted by atomic mass is 35.5. The number of anilines is 1. The number of hydrogen-bond donors (Lipinski definition) is 1. The molecule has 1 fully saturated rings. The number of carbonyl (C=O) groups excluding carboxylic acids is 1. The second kappa shape index (κ2) is 8.98. The first-order valence-electron chi connectivity index (χ1n) is 8.38. The normalized spacial score (nSPS) is 16.1. The van der Waals surface area contributed by atoms with Gasteiger partial charge in [-0.3, -0.25) is 9.69 Å². The van der Waals surface area contributed by atoms with Crippen molar-refractivity contribution < 1.29 is 4.79 Å². The summed E-state index contributed by atoms with van der Waals surface area (Å²) in [6.07, 6.45) is 1.71. The van der Waals surface area contributed by atoms with E-state index in [-0.39, 0.29) is 11.8 Å². The molecule has 2 aromatic rings. The Hall–Kier alpha value is -1.15. The average molecular weight is 397 g/mol. The molecule has 1 aliphatic rings. The number of hydrogen-bond acceptors (Lipinski definition) is 6. The molecule has 8 heteroatoms. The summed E-state index contributed by atoms with van der Waals surface area (Å²) in [5.41, 5.74) is 1.14. The van der Waals surface area contributed by atoms with Crippen LogP contribution in [0.2, 0.25) is 5.02 Å². The van der Waals surface area contributed by atoms with E-state index in [1.165, 1.54) is 11.3 Å². The minimum absolute atomic E-state index is 0.0358. The van der Waals surface area contributed by atoms with E-state index in [1.807, 2.05) is 18.2 Å². The van der Waals surface area contributed by atoms with E-state index in [4.69, 9.17) is 11.6 Å². The zero-order chi connectivity index (χ0) is 17.6. The molecule has 1 amide bonds. The minimum atomic E-state index is 0.0358. The molecule has 2 heterocycles. The highest BCUT2D eigenvalue weighted by molar-refractivity contribution is 8.01. The van der Waals surface area contributed by atoms with Gasteiger partial charge in [-0.15, -0.1) is 10.2 Å². The summed E-state index contributed by atoms with van der Waals surface area (Å²) in [5, 5.41) is 12.4. The van der Waals surface area contributed by atoms with Crippen LogP contribution in [0.1, 0.15) is 25.3 Å². The van der Waals surface area contributed by atoms with Gasteiger partial charge in [-0.05, 0) is 43.3 Å². The molecule has 1 aromatic heterocycles. The topological polar surface area (TPSA) is 58.1 Å². The minimum Gasteiger partial charge on any atom is -0.300 e. The van der Waals surface area contributed by atoms with Gasteiger partial charge in [-0.2, -0.15) is 0 Å². The second-order valence-electron chi connectivity index (χ2n) is 5.94. The second-order valence-corrected chi connectivity index (χ2v) is 8.83. The lowest BCUT2D eigenvalue weighted by atomic mass is 9.95. The van der Waals surface area contributed by atoms with Gasteiger partial charge >= 0.3 is 0 Å². The van der Waals surface area contributed by atoms with Crippen LogP contribution in [0.4, 0.5) is 5.13 Å². The lowest BCUT2D eigenvalue weighted by Crippen LogP contribution is -2.37. The molecule has 0 bridgehead atoms. The predicted octanol–water partition coefficient (Wildman–Crippen LogP) is 4.15. The Morgan fingerprint density at radius 1 is 1.36 bits per heavy atom. The van der Waals surface area contributed by atoms with E-state index >= 15 is 0 Å². The average Bonchev–Trinajstić information content (AvgIpc) is 3.05. The van der Waals surface area contributed by atoms with E-state index < -0.39 is 0 Å². The van der Waals surface area contributed by atoms with Gasteiger partial charge in [0.1, 0.15) is 0 Å². The Morgan fingerprint density at radius 3 is 2.84 bits per heavy atom. The molecule has 1 aliphatic heterocycles. The third-order valence-electron chi connectivity index (χ3n) is 4.21. The van der Waals surface area contributed by atoms with Crippen molar-refractivity contribution in [2.24, 2.45) is 5.92 Å². The number of nitrogens with zero attached hydrogens (tertiary/aromatic N) is 3. The number of piperidine rings is 1. The van der Waals surface area contributed by atoms with Crippen LogP contribution in [-0.2, 0) is 11.3 Å². The Kier molecular flexibility index (Phi) is 6.70. The lowest BCUT2D eigenvalue weighted by molar-refractivity contribution is -0.121. The van der Waals surface area contributed by atoms with Crippen molar-refractivity contribution >= 4 is 45.7 Å². The Morgan fingerprint density at radius 2 is 2.12 bits per heavy atom. The van der Waals surface area contributed by atoms with Crippen molar-refractivity contribution in [3.63, 3.8) is 0 Å². The zero-order valence-electron chi connectivity index (χ0n) is 14.1. The summed E-state index contributed by atoms with van der Waals surface area (Å²) < 4.78 is 0.896. The molecule has 1 N–H and O–H groups in total. The van der Waals surface area contributed by atoms with Crippen molar-refractivity contribution in [1.82, 2.24) is 15.1 Å². The number of halogens is 1. The molecule has 134 valence electrons. The van der Waals surface area contributed by atoms with Crippen LogP contribution in [0.25, 0.3) is 0 Å². The van der Waals surface area contributed by atoms with E-state index in [0.29, 0.717) is 5.13 Å². The smallest absolute Gasteiger partial charge is 0.229 e. The van der Waals surface area contributed by atoms with Gasteiger partial charge < -0.3 is 5.32 Å². The SMILES string of the molecule is CCSc1nnc(NC(=O)C2CCN(Cc3ccccc3Cl)CC2)s1. The zero-order valence-corrected chi connectivity index (χ0v) is 16.5. The van der Waals surface area contributed by atoms with E-state index in [9.17, 15) is 4.79 Å². The fourth-order valence-electron chi connectivity index (χ4n) is 2.87. The first-order chi connectivity index (χ1) is 12.2. The first kappa shape index (κ1) is 18.6. The molecular weight excluding hydrogens is 376 g/mol. The van der Waals surface area contributed by atoms with Gasteiger partial charge in [0.05, 0.1) is 0 Å². The summed E-state index contributed by atoms with van der Waals surface area (Å²) in [5.74, 6) is 1.04. The molecule has 0 atom stereocenters. The van der Waals surface area contributed by atoms with Crippen molar-refractivity contribution in [2.45, 2.75) is 30.6 Å². The maximum atomic E-state index is 12.4. The fourth-order valence-corrected chi connectivity index (χ4v) is 4.72. The number of amides is 1. The highest BCUT2D eigenvalue weighted by Crippen LogP contribution is 2.27. The Labute approximate surface area is 161 Å². The molecular formula is C17H21ClN4OS2. The maximum Gasteiger partial charge on any atom is 0.229 e. The van der Waals surface area contributed by atoms with Crippen molar-refractivity contribution in [3.8, 4) is 0 Å². The fraction of sp³-hybridized carbons (Fsp3) is 0.471. The van der Waals surface area contributed by atoms with E-state index in [0.717, 1.165) is 53.2 Å². The summed E-state index contributed by atoms with van der Waals surface area (Å²) in [6.45, 7) is 4.70. The first-order valence-corrected chi connectivity index (χ1v) is 10.6. The van der Waals surface area contributed by atoms with Crippen LogP contribution in [0.3, 0.4) is 0 Å². The quantitative estimate of drug-likeness (QED) is 0.587.